The van der Waals surface area contributed by atoms with Crippen LogP contribution in [0.1, 0.15) is 0 Å². The van der Waals surface area contributed by atoms with Gasteiger partial charge in [0.15, 0.2) is 5.75 Å². The number of hydrogen-bond donors (Lipinski definition) is 3. The van der Waals surface area contributed by atoms with Gasteiger partial charge in [-0.15, -0.1) is 0 Å². The molecule has 0 unspecified atom stereocenters. The Kier molecular flexibility index (Phi) is 3.43. The van der Waals surface area contributed by atoms with E-state index in [2.05, 4.69) is 10.3 Å². The monoisotopic (exact) mass is 275 g/mol. The predicted molar refractivity (Wildman–Crippen MR) is 75.2 cm³/mol. The summed E-state index contributed by atoms with van der Waals surface area (Å²) in [6, 6.07) is 5.76. The molecule has 2 amide bonds. The van der Waals surface area contributed by atoms with Gasteiger partial charge in [-0.2, -0.15) is 0 Å². The highest BCUT2D eigenvalue weighted by molar-refractivity contribution is 5.95. The lowest BCUT2D eigenvalue weighted by atomic mass is 10.2. The molecule has 104 valence electrons. The molecule has 0 saturated heterocycles. The lowest BCUT2D eigenvalue weighted by Gasteiger charge is -2.11. The van der Waals surface area contributed by atoms with E-state index in [0.717, 1.165) is 0 Å². The standard InChI is InChI=1S/C13H13N3O4/c1-16(2)13(20)15-9-10(17)7-5-3-4-6-8(7)14-12(19)11(9)18/h3-6H,1-2H3,(H3,14,15,17,18,19,20). The van der Waals surface area contributed by atoms with Crippen LogP contribution in [0.3, 0.4) is 0 Å². The Bertz CT molecular complexity index is 796. The summed E-state index contributed by atoms with van der Waals surface area (Å²) in [5, 5.41) is 12.7. The smallest absolute Gasteiger partial charge is 0.321 e. The van der Waals surface area contributed by atoms with Crippen LogP contribution in [0.2, 0.25) is 0 Å². The second-order valence-corrected chi connectivity index (χ2v) is 4.38. The largest absolute Gasteiger partial charge is 0.505 e. The van der Waals surface area contributed by atoms with E-state index < -0.39 is 28.5 Å². The van der Waals surface area contributed by atoms with Gasteiger partial charge in [0.05, 0.1) is 5.52 Å². The van der Waals surface area contributed by atoms with E-state index >= 15 is 0 Å². The number of nitrogens with one attached hydrogen (secondary N) is 2. The number of carbonyl (C=O) groups is 1. The molecule has 1 aromatic heterocycles. The molecule has 2 rings (SSSR count). The number of para-hydroxylation sites is 1. The maximum atomic E-state index is 11.9. The molecule has 7 heteroatoms. The number of amides is 2. The van der Waals surface area contributed by atoms with Gasteiger partial charge in [-0.25, -0.2) is 4.79 Å². The van der Waals surface area contributed by atoms with Crippen molar-refractivity contribution < 1.29 is 9.90 Å². The van der Waals surface area contributed by atoms with Gasteiger partial charge < -0.3 is 20.3 Å². The average Bonchev–Trinajstić information content (AvgIpc) is 2.50. The molecule has 20 heavy (non-hydrogen) atoms. The number of aromatic amines is 1. The van der Waals surface area contributed by atoms with Gasteiger partial charge in [0.25, 0.3) is 11.0 Å². The number of carbonyl (C=O) groups excluding carboxylic acids is 1. The maximum absolute atomic E-state index is 11.9. The molecule has 7 nitrogen and oxygen atoms in total. The Balaban J connectivity index is 2.81. The fourth-order valence-corrected chi connectivity index (χ4v) is 1.67. The maximum Gasteiger partial charge on any atom is 0.321 e. The number of fused-ring (bicyclic) bond motifs is 1. The zero-order valence-electron chi connectivity index (χ0n) is 10.9. The minimum Gasteiger partial charge on any atom is -0.505 e. The molecule has 0 fully saturated rings. The van der Waals surface area contributed by atoms with Gasteiger partial charge in [0.1, 0.15) is 5.69 Å². The minimum atomic E-state index is -1.01. The molecule has 1 aromatic carbocycles. The van der Waals surface area contributed by atoms with Crippen LogP contribution >= 0.6 is 0 Å². The SMILES string of the molecule is CN(C)C(=O)Nc1c(O)c2ccccc2[nH]c(=O)c1=O. The summed E-state index contributed by atoms with van der Waals surface area (Å²) in [5.41, 5.74) is -2.06. The van der Waals surface area contributed by atoms with Crippen LogP contribution in [-0.2, 0) is 0 Å². The first-order valence-corrected chi connectivity index (χ1v) is 5.78. The van der Waals surface area contributed by atoms with E-state index in [9.17, 15) is 19.5 Å². The van der Waals surface area contributed by atoms with Crippen LogP contribution in [0, 0.1) is 0 Å². The zero-order valence-corrected chi connectivity index (χ0v) is 10.9. The van der Waals surface area contributed by atoms with Crippen LogP contribution in [-0.4, -0.2) is 35.1 Å². The predicted octanol–water partition coefficient (Wildman–Crippen LogP) is 0.687. The Morgan fingerprint density at radius 3 is 2.55 bits per heavy atom. The van der Waals surface area contributed by atoms with Crippen molar-refractivity contribution in [2.45, 2.75) is 0 Å². The number of benzene rings is 1. The van der Waals surface area contributed by atoms with Gasteiger partial charge in [-0.3, -0.25) is 9.59 Å². The van der Waals surface area contributed by atoms with Crippen molar-refractivity contribution in [3.63, 3.8) is 0 Å². The summed E-state index contributed by atoms with van der Waals surface area (Å²) in [4.78, 5) is 38.8. The number of hydrogen-bond acceptors (Lipinski definition) is 4. The van der Waals surface area contributed by atoms with Crippen LogP contribution < -0.4 is 16.3 Å². The van der Waals surface area contributed by atoms with Crippen molar-refractivity contribution in [2.24, 2.45) is 0 Å². The van der Waals surface area contributed by atoms with E-state index in [4.69, 9.17) is 0 Å². The van der Waals surface area contributed by atoms with Crippen LogP contribution in [0.15, 0.2) is 33.9 Å². The molecule has 0 aliphatic carbocycles. The first-order valence-electron chi connectivity index (χ1n) is 5.78. The molecule has 0 saturated carbocycles. The molecule has 0 spiro atoms. The molecular formula is C13H13N3O4. The normalized spacial score (nSPS) is 10.3. The molecule has 0 aliphatic heterocycles. The quantitative estimate of drug-likeness (QED) is 0.666. The molecule has 0 radical (unpaired) electrons. The van der Waals surface area contributed by atoms with Crippen molar-refractivity contribution in [1.29, 1.82) is 0 Å². The summed E-state index contributed by atoms with van der Waals surface area (Å²) in [7, 11) is 2.95. The second kappa shape index (κ2) is 5.04. The van der Waals surface area contributed by atoms with Gasteiger partial charge >= 0.3 is 6.03 Å². The van der Waals surface area contributed by atoms with Crippen molar-refractivity contribution >= 4 is 22.6 Å². The number of anilines is 1. The summed E-state index contributed by atoms with van der Waals surface area (Å²) < 4.78 is 0. The average molecular weight is 275 g/mol. The van der Waals surface area contributed by atoms with Gasteiger partial charge in [-0.1, -0.05) is 12.1 Å². The number of H-pyrrole nitrogens is 1. The Morgan fingerprint density at radius 1 is 1.25 bits per heavy atom. The lowest BCUT2D eigenvalue weighted by molar-refractivity contribution is 0.230. The van der Waals surface area contributed by atoms with E-state index in [1.54, 1.807) is 18.2 Å². The van der Waals surface area contributed by atoms with E-state index in [1.807, 2.05) is 0 Å². The second-order valence-electron chi connectivity index (χ2n) is 4.38. The summed E-state index contributed by atoms with van der Waals surface area (Å²) in [5.74, 6) is -0.445. The van der Waals surface area contributed by atoms with E-state index in [0.29, 0.717) is 5.52 Å². The minimum absolute atomic E-state index is 0.265. The first kappa shape index (κ1) is 13.6. The highest BCUT2D eigenvalue weighted by Gasteiger charge is 2.15. The van der Waals surface area contributed by atoms with Crippen molar-refractivity contribution in [3.05, 3.63) is 44.8 Å². The molecule has 0 aliphatic rings. The van der Waals surface area contributed by atoms with Crippen LogP contribution in [0.4, 0.5) is 10.5 Å². The number of nitrogens with zero attached hydrogens (tertiary/aromatic N) is 1. The molecule has 3 N–H and O–H groups in total. The highest BCUT2D eigenvalue weighted by atomic mass is 16.3. The van der Waals surface area contributed by atoms with Gasteiger partial charge in [0.2, 0.25) is 0 Å². The van der Waals surface area contributed by atoms with E-state index in [1.165, 1.54) is 25.1 Å². The van der Waals surface area contributed by atoms with Gasteiger partial charge in [0, 0.05) is 19.5 Å². The van der Waals surface area contributed by atoms with Gasteiger partial charge in [-0.05, 0) is 12.1 Å². The molecule has 0 bridgehead atoms. The summed E-state index contributed by atoms with van der Waals surface area (Å²) in [6.07, 6.45) is 0. The number of aromatic hydroxyl groups is 1. The first-order chi connectivity index (χ1) is 9.41. The third-order valence-corrected chi connectivity index (χ3v) is 2.74. The molecule has 1 heterocycles. The molecule has 2 aromatic rings. The van der Waals surface area contributed by atoms with Crippen LogP contribution in [0.5, 0.6) is 5.75 Å². The Morgan fingerprint density at radius 2 is 1.90 bits per heavy atom. The highest BCUT2D eigenvalue weighted by Crippen LogP contribution is 2.26. The fraction of sp³-hybridized carbons (Fsp3) is 0.154. The number of aromatic nitrogens is 1. The zero-order chi connectivity index (χ0) is 14.9. The Labute approximate surface area is 113 Å². The fourth-order valence-electron chi connectivity index (χ4n) is 1.67. The lowest BCUT2D eigenvalue weighted by Crippen LogP contribution is -2.33. The van der Waals surface area contributed by atoms with Crippen molar-refractivity contribution in [2.75, 3.05) is 19.4 Å². The summed E-state index contributed by atoms with van der Waals surface area (Å²) >= 11 is 0. The molecular weight excluding hydrogens is 262 g/mol. The third kappa shape index (κ3) is 2.33. The van der Waals surface area contributed by atoms with Crippen LogP contribution in [0.25, 0.3) is 10.9 Å². The summed E-state index contributed by atoms with van der Waals surface area (Å²) in [6.45, 7) is 0. The molecule has 0 atom stereocenters. The number of rotatable bonds is 1. The Hall–Kier alpha value is -2.83. The van der Waals surface area contributed by atoms with Crippen molar-refractivity contribution in [3.8, 4) is 5.75 Å². The van der Waals surface area contributed by atoms with E-state index in [-0.39, 0.29) is 5.39 Å². The van der Waals surface area contributed by atoms with Crippen molar-refractivity contribution in [1.82, 2.24) is 9.88 Å². The number of urea groups is 1. The topological polar surface area (TPSA) is 102 Å². The third-order valence-electron chi connectivity index (χ3n) is 2.74.